The van der Waals surface area contributed by atoms with E-state index < -0.39 is 31.8 Å². The van der Waals surface area contributed by atoms with E-state index in [1.807, 2.05) is 0 Å². The summed E-state index contributed by atoms with van der Waals surface area (Å²) in [7, 11) is 0. The third-order valence-corrected chi connectivity index (χ3v) is 0. The maximum atomic E-state index is 8.56. The van der Waals surface area contributed by atoms with Gasteiger partial charge < -0.3 is 0 Å². The minimum atomic E-state index is -3.89. The van der Waals surface area contributed by atoms with Gasteiger partial charge >= 0.3 is 36.2 Å². The normalized spacial score (nSPS) is 10.5. The van der Waals surface area contributed by atoms with Crippen molar-refractivity contribution in [3.05, 3.63) is 0 Å². The molecule has 0 fully saturated rings. The molecule has 30 valence electrons. The monoisotopic (exact) mass is 214 g/mol. The molecule has 4 heavy (non-hydrogen) atoms. The SMILES string of the molecule is [O]=[Er](=[O])=[O]. The molecule has 0 rings (SSSR count). The van der Waals surface area contributed by atoms with Crippen LogP contribution in [0.5, 0.6) is 0 Å². The van der Waals surface area contributed by atoms with Gasteiger partial charge in [-0.3, -0.25) is 0 Å². The maximum absolute atomic E-state index is 8.56. The van der Waals surface area contributed by atoms with Crippen molar-refractivity contribution in [1.82, 2.24) is 0 Å². The molecule has 0 aromatic rings. The molecule has 0 aliphatic carbocycles. The number of rotatable bonds is 0. The summed E-state index contributed by atoms with van der Waals surface area (Å²) < 4.78 is 25.7. The first-order valence-electron chi connectivity index (χ1n) is 0.354. The third kappa shape index (κ3) is 17.2. The number of hydrogen-bond donors (Lipinski definition) is 0. The molecule has 0 unspecified atom stereocenters. The van der Waals surface area contributed by atoms with E-state index in [2.05, 4.69) is 0 Å². The van der Waals surface area contributed by atoms with E-state index in [0.29, 0.717) is 0 Å². The second-order valence-electron chi connectivity index (χ2n) is 0.144. The Kier molecular flexibility index (Phi) is 2.23. The van der Waals surface area contributed by atoms with Crippen LogP contribution in [0, 0.1) is 31.8 Å². The molecule has 0 aromatic heterocycles. The summed E-state index contributed by atoms with van der Waals surface area (Å²) in [5, 5.41) is 0. The van der Waals surface area contributed by atoms with Crippen LogP contribution in [0.1, 0.15) is 0 Å². The molecule has 0 saturated carbocycles. The Morgan fingerprint density at radius 1 is 1.00 bits per heavy atom. The average Bonchev–Trinajstić information content (AvgIpc) is 0.811. The van der Waals surface area contributed by atoms with E-state index in [0.717, 1.165) is 0 Å². The summed E-state index contributed by atoms with van der Waals surface area (Å²) in [4.78, 5) is 0. The molecule has 0 aliphatic rings. The van der Waals surface area contributed by atoms with Gasteiger partial charge in [0.15, 0.2) is 0 Å². The summed E-state index contributed by atoms with van der Waals surface area (Å²) >= 11 is -3.89. The average molecular weight is 215 g/mol. The van der Waals surface area contributed by atoms with Crippen molar-refractivity contribution in [3.8, 4) is 0 Å². The van der Waals surface area contributed by atoms with Crippen LogP contribution in [0.3, 0.4) is 0 Å². The molecule has 0 atom stereocenters. The molecule has 0 bridgehead atoms. The van der Waals surface area contributed by atoms with Crippen molar-refractivity contribution in [2.24, 2.45) is 0 Å². The number of hydrogen-bond acceptors (Lipinski definition) is 3. The molecule has 0 saturated heterocycles. The predicted octanol–water partition coefficient (Wildman–Crippen LogP) is -0.356. The van der Waals surface area contributed by atoms with Gasteiger partial charge in [0, 0.05) is 0 Å². The first-order chi connectivity index (χ1) is 1.73. The Labute approximate surface area is 36.0 Å². The van der Waals surface area contributed by atoms with Gasteiger partial charge in [-0.25, -0.2) is 0 Å². The molecule has 0 amide bonds. The second-order valence-corrected chi connectivity index (χ2v) is 1.07. The second kappa shape index (κ2) is 1.92. The van der Waals surface area contributed by atoms with Crippen LogP contribution < -0.4 is 0 Å². The molecule has 0 aromatic carbocycles. The van der Waals surface area contributed by atoms with Crippen molar-refractivity contribution in [1.29, 1.82) is 0 Å². The van der Waals surface area contributed by atoms with E-state index in [9.17, 15) is 0 Å². The first-order valence-corrected chi connectivity index (χ1v) is 2.62. The quantitative estimate of drug-likeness (QED) is 0.554. The minimum absolute atomic E-state index is 3.89. The Hall–Kier alpha value is 0.647. The molecule has 3 nitrogen and oxygen atoms in total. The van der Waals surface area contributed by atoms with E-state index in [4.69, 9.17) is 4.46 Å². The van der Waals surface area contributed by atoms with E-state index in [1.54, 1.807) is 0 Å². The molecular formula is ErO3. The molecule has 0 spiro atoms. The van der Waals surface area contributed by atoms with Crippen LogP contribution in [0.15, 0.2) is 0 Å². The van der Waals surface area contributed by atoms with Crippen molar-refractivity contribution in [2.45, 2.75) is 0 Å². The summed E-state index contributed by atoms with van der Waals surface area (Å²) in [5.41, 5.74) is 0. The standard InChI is InChI=1S/Er.3O. The molecule has 0 heterocycles. The summed E-state index contributed by atoms with van der Waals surface area (Å²) in [6.45, 7) is 0. The summed E-state index contributed by atoms with van der Waals surface area (Å²) in [6.07, 6.45) is 0. The topological polar surface area (TPSA) is 51.2 Å². The van der Waals surface area contributed by atoms with Crippen molar-refractivity contribution in [2.75, 3.05) is 0 Å². The van der Waals surface area contributed by atoms with Gasteiger partial charge in [0.05, 0.1) is 0 Å². The molecule has 0 aliphatic heterocycles. The Bertz CT molecular complexity index is 72.7. The van der Waals surface area contributed by atoms with E-state index in [1.165, 1.54) is 0 Å². The zero-order valence-corrected chi connectivity index (χ0v) is 3.37. The fourth-order valence-corrected chi connectivity index (χ4v) is 0. The van der Waals surface area contributed by atoms with Crippen LogP contribution in [-0.4, -0.2) is 0 Å². The van der Waals surface area contributed by atoms with Crippen LogP contribution in [0.4, 0.5) is 0 Å². The van der Waals surface area contributed by atoms with Gasteiger partial charge in [-0.15, -0.1) is 0 Å². The van der Waals surface area contributed by atoms with Gasteiger partial charge in [-0.2, -0.15) is 0 Å². The Balaban J connectivity index is 4.65. The first kappa shape index (κ1) is 4.65. The van der Waals surface area contributed by atoms with Crippen LogP contribution in [-0.2, 0) is 4.46 Å². The van der Waals surface area contributed by atoms with Gasteiger partial charge in [-0.1, -0.05) is 0 Å². The van der Waals surface area contributed by atoms with Gasteiger partial charge in [0.1, 0.15) is 0 Å². The van der Waals surface area contributed by atoms with Crippen LogP contribution >= 0.6 is 0 Å². The molecule has 4 heteroatoms. The fraction of sp³-hybridized carbons (Fsp3) is 0. The summed E-state index contributed by atoms with van der Waals surface area (Å²) in [6, 6.07) is 0. The molecule has 0 N–H and O–H groups in total. The van der Waals surface area contributed by atoms with Crippen LogP contribution in [0.25, 0.3) is 0 Å². The fourth-order valence-electron chi connectivity index (χ4n) is 0. The van der Waals surface area contributed by atoms with E-state index >= 15 is 0 Å². The van der Waals surface area contributed by atoms with Gasteiger partial charge in [-0.05, 0) is 0 Å². The predicted molar refractivity (Wildman–Crippen MR) is 2.06 cm³/mol. The summed E-state index contributed by atoms with van der Waals surface area (Å²) in [5.74, 6) is 0. The molecular weight excluding hydrogens is 215 g/mol. The Morgan fingerprint density at radius 3 is 1.00 bits per heavy atom. The van der Waals surface area contributed by atoms with Gasteiger partial charge in [0.25, 0.3) is 0 Å². The zero-order chi connectivity index (χ0) is 3.58. The van der Waals surface area contributed by atoms with Crippen molar-refractivity contribution >= 4 is 0 Å². The van der Waals surface area contributed by atoms with Gasteiger partial charge in [0.2, 0.25) is 0 Å². The Morgan fingerprint density at radius 2 is 1.00 bits per heavy atom. The van der Waals surface area contributed by atoms with Crippen molar-refractivity contribution in [3.63, 3.8) is 0 Å². The van der Waals surface area contributed by atoms with E-state index in [-0.39, 0.29) is 0 Å². The molecule has 0 radical (unpaired) electrons. The van der Waals surface area contributed by atoms with Crippen LogP contribution in [0.2, 0.25) is 0 Å². The third-order valence-electron chi connectivity index (χ3n) is 0. The van der Waals surface area contributed by atoms with Crippen molar-refractivity contribution < 1.29 is 36.2 Å². The zero-order valence-electron chi connectivity index (χ0n) is 1.51.